The average Bonchev–Trinajstić information content (AvgIpc) is 4.15. The van der Waals surface area contributed by atoms with Crippen molar-refractivity contribution in [2.24, 2.45) is 10.9 Å². The number of aromatic nitrogens is 1. The second-order valence-corrected chi connectivity index (χ2v) is 19.8. The van der Waals surface area contributed by atoms with E-state index in [9.17, 15) is 0 Å². The van der Waals surface area contributed by atoms with E-state index in [0.717, 1.165) is 102 Å². The van der Waals surface area contributed by atoms with Gasteiger partial charge in [0.25, 0.3) is 0 Å². The van der Waals surface area contributed by atoms with Crippen LogP contribution in [0.2, 0.25) is 0 Å². The minimum Gasteiger partial charge on any atom is -0.456 e. The molecule has 0 spiro atoms. The van der Waals surface area contributed by atoms with Gasteiger partial charge >= 0.3 is 0 Å². The summed E-state index contributed by atoms with van der Waals surface area (Å²) in [5, 5.41) is 14.1. The number of fused-ring (bicyclic) bond motifs is 20. The molecular weight excluding hydrogens is 857 g/mol. The van der Waals surface area contributed by atoms with E-state index in [0.29, 0.717) is 0 Å². The lowest BCUT2D eigenvalue weighted by Gasteiger charge is -2.33. The molecule has 0 fully saturated rings. The summed E-state index contributed by atoms with van der Waals surface area (Å²) in [6.45, 7) is 2.30. The van der Waals surface area contributed by atoms with E-state index in [1.54, 1.807) is 0 Å². The molecule has 0 aliphatic carbocycles. The van der Waals surface area contributed by atoms with Gasteiger partial charge in [0.15, 0.2) is 0 Å². The molecule has 2 unspecified atom stereocenters. The molecular formula is C65H42N2O3. The molecule has 0 saturated carbocycles. The second-order valence-electron chi connectivity index (χ2n) is 19.8. The molecule has 5 nitrogen and oxygen atoms in total. The predicted octanol–water partition coefficient (Wildman–Crippen LogP) is 17.8. The molecule has 6 heterocycles. The molecule has 2 atom stereocenters. The van der Waals surface area contributed by atoms with Gasteiger partial charge in [-0.05, 0) is 167 Å². The number of para-hydroxylation sites is 2. The van der Waals surface area contributed by atoms with Crippen molar-refractivity contribution < 1.29 is 13.3 Å². The number of nitrogens with zero attached hydrogens (tertiary/aromatic N) is 2. The van der Waals surface area contributed by atoms with Crippen molar-refractivity contribution >= 4 is 121 Å². The maximum absolute atomic E-state index is 6.99. The van der Waals surface area contributed by atoms with E-state index < -0.39 is 0 Å². The normalized spacial score (nSPS) is 17.5. The molecule has 2 bridgehead atoms. The molecule has 70 heavy (non-hydrogen) atoms. The minimum atomic E-state index is -0.0406. The van der Waals surface area contributed by atoms with Gasteiger partial charge in [-0.1, -0.05) is 97.1 Å². The van der Waals surface area contributed by atoms with Crippen LogP contribution in [0.25, 0.3) is 121 Å². The first kappa shape index (κ1) is 38.3. The van der Waals surface area contributed by atoms with Gasteiger partial charge in [0.1, 0.15) is 33.5 Å². The lowest BCUT2D eigenvalue weighted by Crippen LogP contribution is -2.28. The van der Waals surface area contributed by atoms with Crippen molar-refractivity contribution in [3.05, 3.63) is 216 Å². The van der Waals surface area contributed by atoms with Crippen LogP contribution in [0.5, 0.6) is 0 Å². The van der Waals surface area contributed by atoms with Gasteiger partial charge in [-0.2, -0.15) is 0 Å². The Morgan fingerprint density at radius 3 is 1.77 bits per heavy atom. The number of hydrogen-bond donors (Lipinski definition) is 0. The van der Waals surface area contributed by atoms with Crippen molar-refractivity contribution in [1.29, 1.82) is 0 Å². The Morgan fingerprint density at radius 2 is 1.03 bits per heavy atom. The Bertz CT molecular complexity index is 4660. The zero-order valence-electron chi connectivity index (χ0n) is 38.3. The van der Waals surface area contributed by atoms with Crippen molar-refractivity contribution in [1.82, 2.24) is 4.57 Å². The molecule has 16 rings (SSSR count). The van der Waals surface area contributed by atoms with Gasteiger partial charge in [-0.25, -0.2) is 0 Å². The highest BCUT2D eigenvalue weighted by molar-refractivity contribution is 6.18. The first-order valence-electron chi connectivity index (χ1n) is 24.5. The highest BCUT2D eigenvalue weighted by Crippen LogP contribution is 2.50. The van der Waals surface area contributed by atoms with Crippen LogP contribution in [0.4, 0.5) is 0 Å². The number of rotatable bonds is 2. The predicted molar refractivity (Wildman–Crippen MR) is 289 cm³/mol. The summed E-state index contributed by atoms with van der Waals surface area (Å²) in [5.41, 5.74) is 17.1. The van der Waals surface area contributed by atoms with Gasteiger partial charge in [-0.15, -0.1) is 0 Å². The van der Waals surface area contributed by atoms with Crippen LogP contribution >= 0.6 is 0 Å². The highest BCUT2D eigenvalue weighted by atomic mass is 16.3. The minimum absolute atomic E-state index is 0.0283. The molecule has 10 aromatic carbocycles. The summed E-state index contributed by atoms with van der Waals surface area (Å²) < 4.78 is 22.4. The van der Waals surface area contributed by atoms with E-state index in [4.69, 9.17) is 18.2 Å². The summed E-state index contributed by atoms with van der Waals surface area (Å²) in [5.74, 6) is -0.0124. The molecule has 4 aromatic heterocycles. The molecule has 330 valence electrons. The Labute approximate surface area is 401 Å². The van der Waals surface area contributed by atoms with E-state index in [2.05, 4.69) is 187 Å². The fraction of sp³-hybridized carbons (Fsp3) is 0.0923. The van der Waals surface area contributed by atoms with E-state index in [-0.39, 0.29) is 11.8 Å². The maximum Gasteiger partial charge on any atom is 0.136 e. The molecule has 0 saturated heterocycles. The molecule has 2 aliphatic rings. The topological polar surface area (TPSA) is 56.7 Å². The number of furan rings is 3. The Kier molecular flexibility index (Phi) is 7.77. The summed E-state index contributed by atoms with van der Waals surface area (Å²) in [6, 6.07) is 68.7. The van der Waals surface area contributed by atoms with Gasteiger partial charge in [0, 0.05) is 54.6 Å². The number of hydrogen-bond acceptors (Lipinski definition) is 4. The van der Waals surface area contributed by atoms with Crippen LogP contribution in [-0.2, 0) is 6.42 Å². The Hall–Kier alpha value is -8.67. The third-order valence-corrected chi connectivity index (χ3v) is 15.9. The molecule has 5 heteroatoms. The van der Waals surface area contributed by atoms with Crippen LogP contribution < -0.4 is 0 Å². The Morgan fingerprint density at radius 1 is 0.443 bits per heavy atom. The fourth-order valence-electron chi connectivity index (χ4n) is 12.6. The summed E-state index contributed by atoms with van der Waals surface area (Å²) >= 11 is 0. The van der Waals surface area contributed by atoms with Crippen LogP contribution in [0.15, 0.2) is 212 Å². The van der Waals surface area contributed by atoms with Crippen LogP contribution in [0.3, 0.4) is 0 Å². The van der Waals surface area contributed by atoms with E-state index in [1.165, 1.54) is 71.1 Å². The molecule has 0 N–H and O–H groups in total. The zero-order valence-corrected chi connectivity index (χ0v) is 38.3. The van der Waals surface area contributed by atoms with Crippen LogP contribution in [0.1, 0.15) is 47.9 Å². The lowest BCUT2D eigenvalue weighted by molar-refractivity contribution is 0.498. The molecule has 2 aliphatic heterocycles. The monoisotopic (exact) mass is 898 g/mol. The summed E-state index contributed by atoms with van der Waals surface area (Å²) in [7, 11) is 0. The van der Waals surface area contributed by atoms with Gasteiger partial charge in [-0.3, -0.25) is 4.99 Å². The van der Waals surface area contributed by atoms with Gasteiger partial charge in [0.2, 0.25) is 0 Å². The first-order chi connectivity index (χ1) is 34.6. The second kappa shape index (κ2) is 14.2. The third-order valence-electron chi connectivity index (χ3n) is 15.9. The molecule has 0 radical (unpaired) electrons. The smallest absolute Gasteiger partial charge is 0.136 e. The lowest BCUT2D eigenvalue weighted by atomic mass is 9.72. The van der Waals surface area contributed by atoms with Gasteiger partial charge in [0.05, 0.1) is 28.1 Å². The Balaban J connectivity index is 1.02. The third kappa shape index (κ3) is 5.46. The molecule has 14 aromatic rings. The first-order valence-corrected chi connectivity index (χ1v) is 24.5. The highest BCUT2D eigenvalue weighted by Gasteiger charge is 2.37. The number of benzene rings is 10. The standard InChI is InChI=1S/C65H42N2O3/c1-36-18-22-47-51(65(43-21-26-59-50(33-43)46-15-7-9-17-57(46)69-59)66-64(36)42-20-25-58-49(32-42)45-14-6-8-16-56(45)68-58)28-37-19-23-44-48-30-38-10-2-4-12-40(38)34-55(48)67(54(44)29-37)53-24-27-60-63(62(47)53)52-31-39-11-3-5-13-41(39)35-61(52)70-60/h2-17,19-21,23-27,29-35,47,51H,18,22,28H2,1H3/b64-36+,66-65?. The number of allylic oxidation sites excluding steroid dienone is 1. The zero-order chi connectivity index (χ0) is 45.8. The van der Waals surface area contributed by atoms with Crippen LogP contribution in [-0.4, -0.2) is 10.3 Å². The summed E-state index contributed by atoms with van der Waals surface area (Å²) in [6.07, 6.45) is 2.56. The van der Waals surface area contributed by atoms with Crippen molar-refractivity contribution in [2.75, 3.05) is 0 Å². The van der Waals surface area contributed by atoms with Gasteiger partial charge < -0.3 is 17.8 Å². The van der Waals surface area contributed by atoms with Crippen molar-refractivity contribution in [2.45, 2.75) is 32.1 Å². The largest absolute Gasteiger partial charge is 0.456 e. The SMILES string of the molecule is C/C1=C(/c2ccc3oc4ccccc4c3c2)N=C(c2ccc3oc4ccccc4c3c2)C2Cc3ccc4c5cc6ccccc6cc5n(c4c3)-c3ccc4oc5cc6ccccc6cc5c4c3C2CC1. The van der Waals surface area contributed by atoms with Crippen LogP contribution in [0, 0.1) is 5.92 Å². The molecule has 0 amide bonds. The summed E-state index contributed by atoms with van der Waals surface area (Å²) in [4.78, 5) is 6.09. The quantitative estimate of drug-likeness (QED) is 0.174. The fourth-order valence-corrected chi connectivity index (χ4v) is 12.6. The van der Waals surface area contributed by atoms with Crippen molar-refractivity contribution in [3.8, 4) is 5.69 Å². The van der Waals surface area contributed by atoms with Crippen molar-refractivity contribution in [3.63, 3.8) is 0 Å². The number of aliphatic imine (C=N–C) groups is 1. The maximum atomic E-state index is 6.99. The van der Waals surface area contributed by atoms with E-state index in [1.807, 2.05) is 12.1 Å². The average molecular weight is 899 g/mol. The van der Waals surface area contributed by atoms with E-state index >= 15 is 0 Å².